The second-order valence-corrected chi connectivity index (χ2v) is 9.79. The molecule has 0 aliphatic carbocycles. The first kappa shape index (κ1) is 23.1. The predicted molar refractivity (Wildman–Crippen MR) is 151 cm³/mol. The highest BCUT2D eigenvalue weighted by molar-refractivity contribution is 6.30. The second-order valence-electron chi connectivity index (χ2n) is 9.35. The smallest absolute Gasteiger partial charge is 0.0780 e. The molecule has 35 heavy (non-hydrogen) atoms. The van der Waals surface area contributed by atoms with E-state index in [0.29, 0.717) is 5.92 Å². The average Bonchev–Trinajstić information content (AvgIpc) is 2.88. The molecule has 0 N–H and O–H groups in total. The number of nitrogens with zero attached hydrogens (tertiary/aromatic N) is 1. The van der Waals surface area contributed by atoms with Gasteiger partial charge in [0.2, 0.25) is 0 Å². The Morgan fingerprint density at radius 2 is 1.51 bits per heavy atom. The highest BCUT2D eigenvalue weighted by Crippen LogP contribution is 2.33. The van der Waals surface area contributed by atoms with Crippen LogP contribution in [0.2, 0.25) is 5.02 Å². The first-order valence-electron chi connectivity index (χ1n) is 12.0. The van der Waals surface area contributed by atoms with Gasteiger partial charge in [0.1, 0.15) is 0 Å². The van der Waals surface area contributed by atoms with Crippen LogP contribution in [0.5, 0.6) is 0 Å². The molecule has 5 rings (SSSR count). The van der Waals surface area contributed by atoms with E-state index in [0.717, 1.165) is 27.2 Å². The van der Waals surface area contributed by atoms with Crippen molar-refractivity contribution in [2.75, 3.05) is 0 Å². The Bertz CT molecular complexity index is 1460. The molecule has 0 unspecified atom stereocenters. The van der Waals surface area contributed by atoms with Crippen LogP contribution in [0.25, 0.3) is 33.7 Å². The van der Waals surface area contributed by atoms with Gasteiger partial charge in [0.15, 0.2) is 0 Å². The molecule has 2 heteroatoms. The fourth-order valence-corrected chi connectivity index (χ4v) is 4.55. The number of hydrogen-bond donors (Lipinski definition) is 0. The van der Waals surface area contributed by atoms with Gasteiger partial charge in [0.05, 0.1) is 5.52 Å². The molecule has 0 atom stereocenters. The number of aryl methyl sites for hydroxylation is 1. The maximum Gasteiger partial charge on any atom is 0.0780 e. The number of rotatable bonds is 5. The monoisotopic (exact) mass is 473 g/mol. The third-order valence-electron chi connectivity index (χ3n) is 6.42. The van der Waals surface area contributed by atoms with E-state index in [2.05, 4.69) is 106 Å². The van der Waals surface area contributed by atoms with E-state index in [1.807, 2.05) is 24.4 Å². The lowest BCUT2D eigenvalue weighted by Gasteiger charge is -2.13. The van der Waals surface area contributed by atoms with Gasteiger partial charge in [-0.15, -0.1) is 0 Å². The second kappa shape index (κ2) is 9.90. The Hall–Kier alpha value is -3.68. The third-order valence-corrected chi connectivity index (χ3v) is 6.67. The Balaban J connectivity index is 1.66. The van der Waals surface area contributed by atoms with Crippen LogP contribution in [0.4, 0.5) is 0 Å². The summed E-state index contributed by atoms with van der Waals surface area (Å²) in [4.78, 5) is 4.73. The van der Waals surface area contributed by atoms with Gasteiger partial charge in [-0.2, -0.15) is 0 Å². The summed E-state index contributed by atoms with van der Waals surface area (Å²) in [6, 6.07) is 34.2. The molecule has 0 saturated carbocycles. The van der Waals surface area contributed by atoms with E-state index in [9.17, 15) is 0 Å². The van der Waals surface area contributed by atoms with Crippen LogP contribution in [0.3, 0.4) is 0 Å². The molecule has 0 saturated heterocycles. The number of benzene rings is 4. The lowest BCUT2D eigenvalue weighted by atomic mass is 9.92. The van der Waals surface area contributed by atoms with Crippen molar-refractivity contribution in [1.82, 2.24) is 4.98 Å². The minimum absolute atomic E-state index is 0.444. The summed E-state index contributed by atoms with van der Waals surface area (Å²) in [5.74, 6) is 0.444. The molecule has 172 valence electrons. The van der Waals surface area contributed by atoms with Crippen molar-refractivity contribution in [2.24, 2.45) is 0 Å². The highest BCUT2D eigenvalue weighted by atomic mass is 35.5. The molecule has 0 aliphatic heterocycles. The van der Waals surface area contributed by atoms with Gasteiger partial charge in [-0.05, 0) is 88.7 Å². The number of halogens is 1. The molecule has 0 aliphatic rings. The van der Waals surface area contributed by atoms with Gasteiger partial charge in [0.25, 0.3) is 0 Å². The third kappa shape index (κ3) is 5.06. The largest absolute Gasteiger partial charge is 0.256 e. The van der Waals surface area contributed by atoms with E-state index in [-0.39, 0.29) is 0 Å². The van der Waals surface area contributed by atoms with Crippen molar-refractivity contribution in [1.29, 1.82) is 0 Å². The van der Waals surface area contributed by atoms with Crippen molar-refractivity contribution in [3.8, 4) is 11.1 Å². The van der Waals surface area contributed by atoms with E-state index in [4.69, 9.17) is 16.6 Å². The van der Waals surface area contributed by atoms with Crippen molar-refractivity contribution in [2.45, 2.75) is 26.7 Å². The SMILES string of the molecule is Cc1ccc(/C(=C\c2cccc(-c3cc(C(C)C)cc4cccnc34)c2)c2ccc(Cl)cc2)cc1. The maximum absolute atomic E-state index is 6.19. The molecule has 0 bridgehead atoms. The van der Waals surface area contributed by atoms with Gasteiger partial charge < -0.3 is 0 Å². The van der Waals surface area contributed by atoms with E-state index < -0.39 is 0 Å². The normalized spacial score (nSPS) is 11.9. The van der Waals surface area contributed by atoms with Gasteiger partial charge in [-0.3, -0.25) is 4.98 Å². The van der Waals surface area contributed by atoms with Crippen LogP contribution in [-0.2, 0) is 0 Å². The summed E-state index contributed by atoms with van der Waals surface area (Å²) in [7, 11) is 0. The zero-order valence-electron chi connectivity index (χ0n) is 20.3. The Kier molecular flexibility index (Phi) is 6.53. The number of pyridine rings is 1. The summed E-state index contributed by atoms with van der Waals surface area (Å²) in [5.41, 5.74) is 10.6. The number of hydrogen-bond acceptors (Lipinski definition) is 1. The molecule has 1 heterocycles. The van der Waals surface area contributed by atoms with Gasteiger partial charge >= 0.3 is 0 Å². The van der Waals surface area contributed by atoms with E-state index >= 15 is 0 Å². The predicted octanol–water partition coefficient (Wildman–Crippen LogP) is 9.58. The van der Waals surface area contributed by atoms with Crippen LogP contribution >= 0.6 is 11.6 Å². The molecule has 4 aromatic carbocycles. The fraction of sp³-hybridized carbons (Fsp3) is 0.121. The van der Waals surface area contributed by atoms with Crippen LogP contribution in [-0.4, -0.2) is 4.98 Å². The van der Waals surface area contributed by atoms with Crippen LogP contribution in [0, 0.1) is 6.92 Å². The summed E-state index contributed by atoms with van der Waals surface area (Å²) in [6.45, 7) is 6.59. The zero-order chi connectivity index (χ0) is 24.4. The molecule has 0 spiro atoms. The lowest BCUT2D eigenvalue weighted by molar-refractivity contribution is 0.869. The topological polar surface area (TPSA) is 12.9 Å². The molecule has 1 nitrogen and oxygen atoms in total. The van der Waals surface area contributed by atoms with Crippen molar-refractivity contribution < 1.29 is 0 Å². The van der Waals surface area contributed by atoms with Gasteiger partial charge in [0, 0.05) is 22.2 Å². The zero-order valence-corrected chi connectivity index (χ0v) is 21.1. The van der Waals surface area contributed by atoms with Gasteiger partial charge in [-0.25, -0.2) is 0 Å². The minimum Gasteiger partial charge on any atom is -0.256 e. The average molecular weight is 474 g/mol. The van der Waals surface area contributed by atoms with Crippen LogP contribution in [0.15, 0.2) is 103 Å². The van der Waals surface area contributed by atoms with Gasteiger partial charge in [-0.1, -0.05) is 91.7 Å². The lowest BCUT2D eigenvalue weighted by Crippen LogP contribution is -1.93. The Labute approximate surface area is 212 Å². The fourth-order valence-electron chi connectivity index (χ4n) is 4.43. The molecular formula is C33H28ClN. The number of aromatic nitrogens is 1. The Morgan fingerprint density at radius 1 is 0.800 bits per heavy atom. The first-order chi connectivity index (χ1) is 17.0. The molecular weight excluding hydrogens is 446 g/mol. The summed E-state index contributed by atoms with van der Waals surface area (Å²) >= 11 is 6.19. The molecule has 0 fully saturated rings. The standard InChI is InChI=1S/C33H28ClN/c1-22(2)29-20-28-8-5-17-35-33(28)32(21-29)27-7-4-6-24(18-27)19-31(25-11-9-23(3)10-12-25)26-13-15-30(34)16-14-26/h4-22H,1-3H3/b31-19+. The van der Waals surface area contributed by atoms with Crippen molar-refractivity contribution >= 4 is 34.2 Å². The summed E-state index contributed by atoms with van der Waals surface area (Å²) < 4.78 is 0. The van der Waals surface area contributed by atoms with E-state index in [1.165, 1.54) is 33.2 Å². The molecule has 0 radical (unpaired) electrons. The molecule has 5 aromatic rings. The highest BCUT2D eigenvalue weighted by Gasteiger charge is 2.11. The quantitative estimate of drug-likeness (QED) is 0.231. The number of fused-ring (bicyclic) bond motifs is 1. The maximum atomic E-state index is 6.19. The van der Waals surface area contributed by atoms with Crippen LogP contribution in [0.1, 0.15) is 47.6 Å². The minimum atomic E-state index is 0.444. The summed E-state index contributed by atoms with van der Waals surface area (Å²) in [6.07, 6.45) is 4.14. The van der Waals surface area contributed by atoms with Crippen LogP contribution < -0.4 is 0 Å². The van der Waals surface area contributed by atoms with Crippen molar-refractivity contribution in [3.05, 3.63) is 136 Å². The molecule has 1 aromatic heterocycles. The van der Waals surface area contributed by atoms with Crippen molar-refractivity contribution in [3.63, 3.8) is 0 Å². The first-order valence-corrected chi connectivity index (χ1v) is 12.4. The molecule has 0 amide bonds. The Morgan fingerprint density at radius 3 is 2.23 bits per heavy atom. The van der Waals surface area contributed by atoms with E-state index in [1.54, 1.807) is 0 Å². The summed E-state index contributed by atoms with van der Waals surface area (Å²) in [5, 5.41) is 1.92.